The van der Waals surface area contributed by atoms with Gasteiger partial charge in [0.1, 0.15) is 6.04 Å². The van der Waals surface area contributed by atoms with Gasteiger partial charge in [0.15, 0.2) is 11.5 Å². The summed E-state index contributed by atoms with van der Waals surface area (Å²) in [5, 5.41) is 14.9. The van der Waals surface area contributed by atoms with Crippen LogP contribution in [0.15, 0.2) is 72.8 Å². The van der Waals surface area contributed by atoms with Crippen molar-refractivity contribution in [2.75, 3.05) is 13.4 Å². The summed E-state index contributed by atoms with van der Waals surface area (Å²) in [5.41, 5.74) is 3.25. The van der Waals surface area contributed by atoms with Crippen LogP contribution in [0.5, 0.6) is 11.5 Å². The molecule has 0 aromatic heterocycles. The third-order valence-corrected chi connectivity index (χ3v) is 4.96. The monoisotopic (exact) mass is 418 g/mol. The lowest BCUT2D eigenvalue weighted by Gasteiger charge is -2.16. The Balaban J connectivity index is 1.34. The smallest absolute Gasteiger partial charge is 0.251 e. The summed E-state index contributed by atoms with van der Waals surface area (Å²) in [4.78, 5) is 25.0. The van der Waals surface area contributed by atoms with Gasteiger partial charge in [-0.05, 0) is 41.0 Å². The summed E-state index contributed by atoms with van der Waals surface area (Å²) in [6, 6.07) is 21.2. The molecule has 158 valence electrons. The normalized spacial score (nSPS) is 12.8. The van der Waals surface area contributed by atoms with Crippen molar-refractivity contribution in [1.82, 2.24) is 10.6 Å². The molecule has 4 rings (SSSR count). The molecule has 1 atom stereocenters. The molecule has 0 aliphatic carbocycles. The number of hydrogen-bond donors (Lipinski definition) is 3. The van der Waals surface area contributed by atoms with Crippen molar-refractivity contribution < 1.29 is 24.2 Å². The maximum atomic E-state index is 12.5. The van der Waals surface area contributed by atoms with E-state index in [0.717, 1.165) is 16.7 Å². The average Bonchev–Trinajstić information content (AvgIpc) is 3.29. The minimum Gasteiger partial charge on any atom is -0.454 e. The van der Waals surface area contributed by atoms with Gasteiger partial charge in [0.2, 0.25) is 12.7 Å². The van der Waals surface area contributed by atoms with Gasteiger partial charge in [-0.2, -0.15) is 0 Å². The minimum atomic E-state index is -1.06. The number of ether oxygens (including phenoxy) is 2. The molecular weight excluding hydrogens is 396 g/mol. The fourth-order valence-electron chi connectivity index (χ4n) is 3.24. The predicted octanol–water partition coefficient (Wildman–Crippen LogP) is 2.49. The Kier molecular flexibility index (Phi) is 6.14. The average molecular weight is 418 g/mol. The van der Waals surface area contributed by atoms with Gasteiger partial charge >= 0.3 is 0 Å². The van der Waals surface area contributed by atoms with Gasteiger partial charge in [0.05, 0.1) is 6.61 Å². The maximum Gasteiger partial charge on any atom is 0.251 e. The van der Waals surface area contributed by atoms with E-state index in [1.807, 2.05) is 48.5 Å². The van der Waals surface area contributed by atoms with E-state index in [0.29, 0.717) is 17.1 Å². The third-order valence-electron chi connectivity index (χ3n) is 4.96. The van der Waals surface area contributed by atoms with Crippen LogP contribution in [0.4, 0.5) is 0 Å². The Morgan fingerprint density at radius 3 is 2.35 bits per heavy atom. The van der Waals surface area contributed by atoms with Crippen LogP contribution in [0.2, 0.25) is 0 Å². The molecule has 1 aliphatic heterocycles. The number of amides is 2. The van der Waals surface area contributed by atoms with Crippen LogP contribution in [0.1, 0.15) is 15.9 Å². The highest BCUT2D eigenvalue weighted by Gasteiger charge is 2.21. The third kappa shape index (κ3) is 4.84. The van der Waals surface area contributed by atoms with Crippen molar-refractivity contribution in [2.45, 2.75) is 12.6 Å². The highest BCUT2D eigenvalue weighted by molar-refractivity contribution is 5.98. The van der Waals surface area contributed by atoms with Gasteiger partial charge < -0.3 is 25.2 Å². The zero-order chi connectivity index (χ0) is 21.6. The van der Waals surface area contributed by atoms with Crippen LogP contribution < -0.4 is 20.1 Å². The summed E-state index contributed by atoms with van der Waals surface area (Å²) in [7, 11) is 0. The second-order valence-corrected chi connectivity index (χ2v) is 7.06. The van der Waals surface area contributed by atoms with Crippen molar-refractivity contribution >= 4 is 11.8 Å². The Morgan fingerprint density at radius 2 is 1.61 bits per heavy atom. The number of carbonyl (C=O) groups is 2. The fourth-order valence-corrected chi connectivity index (χ4v) is 3.24. The number of rotatable bonds is 7. The summed E-state index contributed by atoms with van der Waals surface area (Å²) < 4.78 is 10.6. The molecule has 3 aromatic rings. The van der Waals surface area contributed by atoms with E-state index in [9.17, 15) is 14.7 Å². The molecule has 1 aliphatic rings. The zero-order valence-electron chi connectivity index (χ0n) is 16.7. The van der Waals surface area contributed by atoms with Gasteiger partial charge in [-0.3, -0.25) is 9.59 Å². The van der Waals surface area contributed by atoms with E-state index >= 15 is 0 Å². The Hall–Kier alpha value is -3.84. The zero-order valence-corrected chi connectivity index (χ0v) is 16.7. The van der Waals surface area contributed by atoms with Crippen LogP contribution in [-0.4, -0.2) is 36.4 Å². The topological polar surface area (TPSA) is 96.9 Å². The van der Waals surface area contributed by atoms with E-state index < -0.39 is 24.5 Å². The molecule has 0 bridgehead atoms. The van der Waals surface area contributed by atoms with E-state index in [-0.39, 0.29) is 13.3 Å². The van der Waals surface area contributed by atoms with E-state index in [1.165, 1.54) is 0 Å². The summed E-state index contributed by atoms with van der Waals surface area (Å²) >= 11 is 0. The molecule has 0 radical (unpaired) electrons. The molecule has 0 spiro atoms. The first-order chi connectivity index (χ1) is 15.1. The molecule has 0 saturated heterocycles. The van der Waals surface area contributed by atoms with Gasteiger partial charge in [-0.1, -0.05) is 48.5 Å². The van der Waals surface area contributed by atoms with Crippen molar-refractivity contribution in [1.29, 1.82) is 0 Å². The van der Waals surface area contributed by atoms with Gasteiger partial charge in [-0.15, -0.1) is 0 Å². The lowest BCUT2D eigenvalue weighted by atomic mass is 10.0. The number of nitrogens with one attached hydrogen (secondary N) is 2. The van der Waals surface area contributed by atoms with Crippen LogP contribution in [-0.2, 0) is 11.3 Å². The highest BCUT2D eigenvalue weighted by Crippen LogP contribution is 2.32. The quantitative estimate of drug-likeness (QED) is 0.548. The van der Waals surface area contributed by atoms with Crippen molar-refractivity contribution in [2.24, 2.45) is 0 Å². The minimum absolute atomic E-state index is 0.177. The Labute approximate surface area is 179 Å². The van der Waals surface area contributed by atoms with Crippen LogP contribution in [0, 0.1) is 0 Å². The SMILES string of the molecule is O=C(N[C@@H](CO)C(=O)NCc1ccc2c(c1)OCO2)c1ccc(-c2ccccc2)cc1. The van der Waals surface area contributed by atoms with Gasteiger partial charge in [0.25, 0.3) is 5.91 Å². The molecule has 31 heavy (non-hydrogen) atoms. The Morgan fingerprint density at radius 1 is 0.903 bits per heavy atom. The Bertz CT molecular complexity index is 1070. The van der Waals surface area contributed by atoms with Crippen LogP contribution in [0.25, 0.3) is 11.1 Å². The second kappa shape index (κ2) is 9.32. The first kappa shape index (κ1) is 20.4. The number of aliphatic hydroxyl groups excluding tert-OH is 1. The second-order valence-electron chi connectivity index (χ2n) is 7.06. The lowest BCUT2D eigenvalue weighted by molar-refractivity contribution is -0.124. The lowest BCUT2D eigenvalue weighted by Crippen LogP contribution is -2.48. The molecule has 7 nitrogen and oxygen atoms in total. The standard InChI is InChI=1S/C24H22N2O5/c27-14-20(24(29)25-13-16-6-11-21-22(12-16)31-15-30-21)26-23(28)19-9-7-18(8-10-19)17-4-2-1-3-5-17/h1-12,20,27H,13-15H2,(H,25,29)(H,26,28)/t20-/m0/s1. The van der Waals surface area contributed by atoms with Crippen molar-refractivity contribution in [3.63, 3.8) is 0 Å². The van der Waals surface area contributed by atoms with Crippen molar-refractivity contribution in [3.8, 4) is 22.6 Å². The summed E-state index contributed by atoms with van der Waals surface area (Å²) in [5.74, 6) is 0.373. The van der Waals surface area contributed by atoms with Gasteiger partial charge in [-0.25, -0.2) is 0 Å². The van der Waals surface area contributed by atoms with Crippen molar-refractivity contribution in [3.05, 3.63) is 83.9 Å². The summed E-state index contributed by atoms with van der Waals surface area (Å²) in [6.45, 7) is -0.107. The molecule has 2 amide bonds. The molecule has 3 N–H and O–H groups in total. The molecule has 0 fully saturated rings. The highest BCUT2D eigenvalue weighted by atomic mass is 16.7. The van der Waals surface area contributed by atoms with E-state index in [4.69, 9.17) is 9.47 Å². The maximum absolute atomic E-state index is 12.5. The predicted molar refractivity (Wildman–Crippen MR) is 115 cm³/mol. The van der Waals surface area contributed by atoms with Crippen LogP contribution >= 0.6 is 0 Å². The van der Waals surface area contributed by atoms with E-state index in [1.54, 1.807) is 24.3 Å². The fraction of sp³-hybridized carbons (Fsp3) is 0.167. The molecule has 7 heteroatoms. The molecule has 3 aromatic carbocycles. The summed E-state index contributed by atoms with van der Waals surface area (Å²) in [6.07, 6.45) is 0. The molecule has 0 unspecified atom stereocenters. The molecule has 1 heterocycles. The first-order valence-electron chi connectivity index (χ1n) is 9.87. The number of carbonyl (C=O) groups excluding carboxylic acids is 2. The number of hydrogen-bond acceptors (Lipinski definition) is 5. The van der Waals surface area contributed by atoms with Crippen LogP contribution in [0.3, 0.4) is 0 Å². The number of benzene rings is 3. The first-order valence-corrected chi connectivity index (χ1v) is 9.87. The molecular formula is C24H22N2O5. The van der Waals surface area contributed by atoms with E-state index in [2.05, 4.69) is 10.6 Å². The number of aliphatic hydroxyl groups is 1. The molecule has 0 saturated carbocycles. The largest absolute Gasteiger partial charge is 0.454 e. The number of fused-ring (bicyclic) bond motifs is 1. The van der Waals surface area contributed by atoms with Gasteiger partial charge in [0, 0.05) is 12.1 Å².